The fourth-order valence-corrected chi connectivity index (χ4v) is 3.06. The van der Waals surface area contributed by atoms with Gasteiger partial charge in [-0.1, -0.05) is 42.5 Å². The van der Waals surface area contributed by atoms with Gasteiger partial charge < -0.3 is 15.4 Å². The molecule has 0 saturated carbocycles. The summed E-state index contributed by atoms with van der Waals surface area (Å²) in [7, 11) is 0. The smallest absolute Gasteiger partial charge is 0.0583 e. The van der Waals surface area contributed by atoms with Crippen LogP contribution in [0.4, 0.5) is 0 Å². The third-order valence-electron chi connectivity index (χ3n) is 4.22. The molecule has 3 heteroatoms. The summed E-state index contributed by atoms with van der Waals surface area (Å²) in [6, 6.07) is 19.2. The number of nitrogens with one attached hydrogen (secondary N) is 2. The second-order valence-corrected chi connectivity index (χ2v) is 6.08. The van der Waals surface area contributed by atoms with Gasteiger partial charge in [0.15, 0.2) is 0 Å². The molecule has 0 aliphatic rings. The lowest BCUT2D eigenvalue weighted by molar-refractivity contribution is 0.181. The number of aromatic amines is 1. The van der Waals surface area contributed by atoms with Gasteiger partial charge in [-0.05, 0) is 49.6 Å². The van der Waals surface area contributed by atoms with Crippen LogP contribution < -0.4 is 5.32 Å². The fourth-order valence-electron chi connectivity index (χ4n) is 3.06. The summed E-state index contributed by atoms with van der Waals surface area (Å²) >= 11 is 0. The van der Waals surface area contributed by atoms with Gasteiger partial charge in [0.2, 0.25) is 0 Å². The lowest BCUT2D eigenvalue weighted by Gasteiger charge is -2.21. The Hall–Kier alpha value is -2.10. The van der Waals surface area contributed by atoms with Crippen molar-refractivity contribution in [2.24, 2.45) is 0 Å². The van der Waals surface area contributed by atoms with Crippen molar-refractivity contribution in [1.82, 2.24) is 10.3 Å². The number of benzene rings is 2. The van der Waals surface area contributed by atoms with Crippen molar-refractivity contribution < 1.29 is 5.11 Å². The Balaban J connectivity index is 1.87. The van der Waals surface area contributed by atoms with Crippen molar-refractivity contribution in [2.75, 3.05) is 6.54 Å². The Morgan fingerprint density at radius 1 is 1.04 bits per heavy atom. The van der Waals surface area contributed by atoms with Crippen molar-refractivity contribution in [3.8, 4) is 0 Å². The molecule has 0 spiro atoms. The molecular weight excluding hydrogens is 284 g/mol. The predicted octanol–water partition coefficient (Wildman–Crippen LogP) is 4.01. The molecule has 0 aliphatic heterocycles. The second kappa shape index (κ2) is 7.44. The molecule has 1 heterocycles. The molecule has 0 saturated heterocycles. The lowest BCUT2D eigenvalue weighted by atomic mass is 9.95. The Labute approximate surface area is 137 Å². The number of fused-ring (bicyclic) bond motifs is 1. The maximum absolute atomic E-state index is 9.43. The number of rotatable bonds is 7. The van der Waals surface area contributed by atoms with Gasteiger partial charge in [-0.15, -0.1) is 0 Å². The van der Waals surface area contributed by atoms with E-state index >= 15 is 0 Å². The van der Waals surface area contributed by atoms with Crippen LogP contribution >= 0.6 is 0 Å². The molecule has 0 aliphatic carbocycles. The van der Waals surface area contributed by atoms with E-state index in [9.17, 15) is 5.11 Å². The first-order valence-electron chi connectivity index (χ1n) is 8.28. The minimum Gasteiger partial charge on any atom is -0.393 e. The molecule has 1 aromatic heterocycles. The molecule has 3 nitrogen and oxygen atoms in total. The summed E-state index contributed by atoms with van der Waals surface area (Å²) in [5, 5.41) is 14.4. The van der Waals surface area contributed by atoms with E-state index in [0.29, 0.717) is 0 Å². The number of hydrogen-bond donors (Lipinski definition) is 3. The first-order valence-corrected chi connectivity index (χ1v) is 8.28. The predicted molar refractivity (Wildman–Crippen MR) is 95.5 cm³/mol. The van der Waals surface area contributed by atoms with Crippen LogP contribution in [0.3, 0.4) is 0 Å². The fraction of sp³-hybridized carbons (Fsp3) is 0.300. The Morgan fingerprint density at radius 3 is 2.65 bits per heavy atom. The van der Waals surface area contributed by atoms with Gasteiger partial charge >= 0.3 is 0 Å². The highest BCUT2D eigenvalue weighted by Crippen LogP contribution is 2.28. The Morgan fingerprint density at radius 2 is 1.87 bits per heavy atom. The summed E-state index contributed by atoms with van der Waals surface area (Å²) in [6.07, 6.45) is 3.54. The van der Waals surface area contributed by atoms with E-state index in [2.05, 4.69) is 58.8 Å². The lowest BCUT2D eigenvalue weighted by Crippen LogP contribution is -2.24. The molecule has 23 heavy (non-hydrogen) atoms. The number of hydrogen-bond acceptors (Lipinski definition) is 2. The van der Waals surface area contributed by atoms with Gasteiger partial charge in [-0.2, -0.15) is 0 Å². The quantitative estimate of drug-likeness (QED) is 0.578. The summed E-state index contributed by atoms with van der Waals surface area (Å²) in [5.74, 6) is 0. The second-order valence-electron chi connectivity index (χ2n) is 6.08. The minimum absolute atomic E-state index is 0.157. The highest BCUT2D eigenvalue weighted by atomic mass is 16.3. The summed E-state index contributed by atoms with van der Waals surface area (Å²) in [4.78, 5) is 3.29. The van der Waals surface area contributed by atoms with Crippen molar-refractivity contribution in [3.63, 3.8) is 0 Å². The van der Waals surface area contributed by atoms with Gasteiger partial charge in [-0.25, -0.2) is 0 Å². The van der Waals surface area contributed by atoms with Crippen LogP contribution in [0.25, 0.3) is 10.9 Å². The zero-order valence-corrected chi connectivity index (χ0v) is 13.5. The van der Waals surface area contributed by atoms with Crippen molar-refractivity contribution in [2.45, 2.75) is 31.9 Å². The standard InChI is InChI=1S/C20H24N2O/c1-15(23)7-6-13-22-20(16-8-3-2-4-9-16)18-10-5-11-19-17(18)12-14-21-19/h2-5,8-12,14-15,20-23H,6-7,13H2,1H3. The van der Waals surface area contributed by atoms with Crippen molar-refractivity contribution >= 4 is 10.9 Å². The van der Waals surface area contributed by atoms with E-state index in [1.165, 1.54) is 16.5 Å². The van der Waals surface area contributed by atoms with Crippen molar-refractivity contribution in [3.05, 3.63) is 71.9 Å². The summed E-state index contributed by atoms with van der Waals surface area (Å²) in [6.45, 7) is 2.72. The molecule has 0 amide bonds. The number of aliphatic hydroxyl groups excluding tert-OH is 1. The van der Waals surface area contributed by atoms with E-state index in [0.717, 1.165) is 24.9 Å². The molecule has 3 aromatic rings. The van der Waals surface area contributed by atoms with E-state index in [1.807, 2.05) is 19.2 Å². The monoisotopic (exact) mass is 308 g/mol. The molecule has 3 N–H and O–H groups in total. The first kappa shape index (κ1) is 15.8. The van der Waals surface area contributed by atoms with Crippen LogP contribution in [0, 0.1) is 0 Å². The van der Waals surface area contributed by atoms with E-state index in [1.54, 1.807) is 0 Å². The van der Waals surface area contributed by atoms with E-state index in [-0.39, 0.29) is 12.1 Å². The zero-order chi connectivity index (χ0) is 16.1. The topological polar surface area (TPSA) is 48.0 Å². The van der Waals surface area contributed by atoms with Crippen molar-refractivity contribution in [1.29, 1.82) is 0 Å². The molecule has 120 valence electrons. The van der Waals surface area contributed by atoms with Crippen LogP contribution in [-0.4, -0.2) is 22.7 Å². The van der Waals surface area contributed by atoms with Crippen LogP contribution in [-0.2, 0) is 0 Å². The summed E-state index contributed by atoms with van der Waals surface area (Å²) in [5.41, 5.74) is 3.71. The molecule has 0 fully saturated rings. The third kappa shape index (κ3) is 3.81. The molecule has 2 aromatic carbocycles. The molecule has 3 rings (SSSR count). The van der Waals surface area contributed by atoms with Gasteiger partial charge in [0.25, 0.3) is 0 Å². The number of aromatic nitrogens is 1. The summed E-state index contributed by atoms with van der Waals surface area (Å²) < 4.78 is 0. The molecule has 0 radical (unpaired) electrons. The highest BCUT2D eigenvalue weighted by Gasteiger charge is 2.16. The SMILES string of the molecule is CC(O)CCCNC(c1ccccc1)c1cccc2[nH]ccc12. The third-order valence-corrected chi connectivity index (χ3v) is 4.22. The number of H-pyrrole nitrogens is 1. The normalized spacial score (nSPS) is 14.0. The van der Waals surface area contributed by atoms with Crippen LogP contribution in [0.1, 0.15) is 36.9 Å². The van der Waals surface area contributed by atoms with E-state index < -0.39 is 0 Å². The maximum atomic E-state index is 9.43. The average Bonchev–Trinajstić information content (AvgIpc) is 3.04. The van der Waals surface area contributed by atoms with Crippen LogP contribution in [0.2, 0.25) is 0 Å². The zero-order valence-electron chi connectivity index (χ0n) is 13.5. The van der Waals surface area contributed by atoms with Gasteiger partial charge in [-0.3, -0.25) is 0 Å². The Kier molecular flexibility index (Phi) is 5.11. The number of aliphatic hydroxyl groups is 1. The maximum Gasteiger partial charge on any atom is 0.0583 e. The van der Waals surface area contributed by atoms with Crippen LogP contribution in [0.15, 0.2) is 60.8 Å². The Bertz CT molecular complexity index is 733. The largest absolute Gasteiger partial charge is 0.393 e. The van der Waals surface area contributed by atoms with Gasteiger partial charge in [0, 0.05) is 17.1 Å². The molecule has 2 atom stereocenters. The molecular formula is C20H24N2O. The highest BCUT2D eigenvalue weighted by molar-refractivity contribution is 5.83. The first-order chi connectivity index (χ1) is 11.3. The minimum atomic E-state index is -0.236. The van der Waals surface area contributed by atoms with E-state index in [4.69, 9.17) is 0 Å². The van der Waals surface area contributed by atoms with Crippen LogP contribution in [0.5, 0.6) is 0 Å². The van der Waals surface area contributed by atoms with Gasteiger partial charge in [0.1, 0.15) is 0 Å². The average molecular weight is 308 g/mol. The molecule has 0 bridgehead atoms. The van der Waals surface area contributed by atoms with Gasteiger partial charge in [0.05, 0.1) is 12.1 Å². The molecule has 2 unspecified atom stereocenters.